The van der Waals surface area contributed by atoms with Crippen LogP contribution in [-0.4, -0.2) is 73.9 Å². The van der Waals surface area contributed by atoms with Gasteiger partial charge >= 0.3 is 20.4 Å². The number of carbonyl (C=O) groups excluding carboxylic acids is 2. The lowest BCUT2D eigenvalue weighted by molar-refractivity contribution is -0.137. The first-order chi connectivity index (χ1) is 20.6. The maximum atomic E-state index is 13.6. The minimum Gasteiger partial charge on any atom is -0.423 e. The molecule has 1 unspecified atom stereocenters. The lowest BCUT2D eigenvalue weighted by atomic mass is 9.79. The number of rotatable bonds is 17. The molecule has 1 amide bonds. The van der Waals surface area contributed by atoms with E-state index >= 15 is 0 Å². The summed E-state index contributed by atoms with van der Waals surface area (Å²) < 4.78 is 62.2. The molecule has 0 aliphatic rings. The van der Waals surface area contributed by atoms with E-state index in [1.54, 1.807) is 0 Å². The first-order valence-corrected chi connectivity index (χ1v) is 20.0. The molecule has 2 rings (SSSR count). The van der Waals surface area contributed by atoms with E-state index in [1.165, 1.54) is 43.2 Å². The number of nitrogens with one attached hydrogen (secondary N) is 2. The van der Waals surface area contributed by atoms with Crippen LogP contribution in [0.5, 0.6) is 0 Å². The number of carbonyl (C=O) groups is 2. The fourth-order valence-corrected chi connectivity index (χ4v) is 10.9. The summed E-state index contributed by atoms with van der Waals surface area (Å²) in [6.45, 7) is 2.14. The Labute approximate surface area is 271 Å². The molecule has 2 aromatic rings. The van der Waals surface area contributed by atoms with Gasteiger partial charge in [-0.3, -0.25) is 9.59 Å². The molecule has 2 aromatic carbocycles. The Balaban J connectivity index is 2.23. The van der Waals surface area contributed by atoms with Gasteiger partial charge in [0.1, 0.15) is 14.3 Å². The van der Waals surface area contributed by atoms with Gasteiger partial charge in [0.2, 0.25) is 0 Å². The molecule has 2 atom stereocenters. The number of ketones is 1. The second-order valence-electron chi connectivity index (χ2n) is 9.50. The van der Waals surface area contributed by atoms with E-state index in [0.717, 1.165) is 24.3 Å². The van der Waals surface area contributed by atoms with Crippen molar-refractivity contribution in [2.45, 2.75) is 53.2 Å². The largest absolute Gasteiger partial charge is 0.488 e. The Morgan fingerprint density at radius 3 is 1.98 bits per heavy atom. The van der Waals surface area contributed by atoms with E-state index in [4.69, 9.17) is 4.78 Å². The van der Waals surface area contributed by atoms with Gasteiger partial charge < -0.3 is 25.4 Å². The average molecular weight is 712 g/mol. The van der Waals surface area contributed by atoms with Gasteiger partial charge in [0.15, 0.2) is 5.78 Å². The van der Waals surface area contributed by atoms with Crippen LogP contribution in [0, 0.1) is 10.7 Å². The fourth-order valence-electron chi connectivity index (χ4n) is 4.15. The van der Waals surface area contributed by atoms with Crippen LogP contribution in [0.2, 0.25) is 0 Å². The van der Waals surface area contributed by atoms with Crippen LogP contribution in [-0.2, 0) is 20.7 Å². The highest BCUT2D eigenvalue weighted by Crippen LogP contribution is 2.40. The van der Waals surface area contributed by atoms with Crippen molar-refractivity contribution in [2.75, 3.05) is 19.1 Å². The minimum atomic E-state index is -4.96. The van der Waals surface area contributed by atoms with Crippen molar-refractivity contribution in [1.29, 1.82) is 4.78 Å². The van der Waals surface area contributed by atoms with Crippen molar-refractivity contribution >= 4 is 89.8 Å². The molecule has 44 heavy (non-hydrogen) atoms. The molecule has 6 N–H and O–H groups in total. The highest BCUT2D eigenvalue weighted by Gasteiger charge is 2.34. The number of benzene rings is 2. The Kier molecular flexibility index (Phi) is 15.5. The molecule has 0 bridgehead atoms. The van der Waals surface area contributed by atoms with Crippen molar-refractivity contribution < 1.29 is 47.1 Å². The summed E-state index contributed by atoms with van der Waals surface area (Å²) >= 11 is 0. The summed E-state index contributed by atoms with van der Waals surface area (Å²) in [5.74, 6) is -0.674. The lowest BCUT2D eigenvalue weighted by Crippen LogP contribution is -2.33. The van der Waals surface area contributed by atoms with Gasteiger partial charge in [-0.1, -0.05) is 62.6 Å². The van der Waals surface area contributed by atoms with Gasteiger partial charge in [-0.15, -0.1) is 0 Å². The number of halogens is 3. The third kappa shape index (κ3) is 10.9. The second kappa shape index (κ2) is 17.6. The Hall–Kier alpha value is -1.31. The molecule has 242 valence electrons. The van der Waals surface area contributed by atoms with Crippen LogP contribution >= 0.6 is 43.2 Å². The van der Waals surface area contributed by atoms with E-state index in [-0.39, 0.29) is 33.9 Å². The Morgan fingerprint density at radius 2 is 1.48 bits per heavy atom. The van der Waals surface area contributed by atoms with E-state index in [9.17, 15) is 47.1 Å². The molecular formula is C25H33B2F3N2O7S5. The smallest absolute Gasteiger partial charge is 0.423 e. The lowest BCUT2D eigenvalue weighted by Gasteiger charge is -2.19. The first-order valence-electron chi connectivity index (χ1n) is 13.2. The zero-order valence-electron chi connectivity index (χ0n) is 24.0. The van der Waals surface area contributed by atoms with Crippen LogP contribution < -0.4 is 16.2 Å². The molecule has 9 nitrogen and oxygen atoms in total. The van der Waals surface area contributed by atoms with E-state index < -0.39 is 56.9 Å². The van der Waals surface area contributed by atoms with Gasteiger partial charge in [-0.2, -0.15) is 13.2 Å². The van der Waals surface area contributed by atoms with Crippen LogP contribution in [0.4, 0.5) is 13.2 Å². The third-order valence-corrected chi connectivity index (χ3v) is 13.1. The standard InChI is InChI=1S/C25H33B2F3N2O7S5/c1-4-15(22(33)24(42-40-2)43-41-3)7-5-6-8-32-23(34)16-9-18(26(35)36)13-20(10-16)44(31,39)21-12-17(25(28,29)30)11-19(14-21)27(37)38/h9-15,24,31,35-38H,4-8H2,1-3H3,(H,32,34)/t15-,44?/m0/s1. The molecule has 0 aromatic heterocycles. The molecule has 0 radical (unpaired) electrons. The third-order valence-electron chi connectivity index (χ3n) is 6.47. The predicted molar refractivity (Wildman–Crippen MR) is 176 cm³/mol. The van der Waals surface area contributed by atoms with Gasteiger partial charge in [-0.05, 0) is 73.0 Å². The molecule has 0 aliphatic carbocycles. The summed E-state index contributed by atoms with van der Waals surface area (Å²) in [4.78, 5) is 24.7. The SMILES string of the molecule is CC[C@@H](CCCCNC(=O)c1cc(B(O)O)cc(S(=N)(=O)c2cc(B(O)O)cc(C(F)(F)F)c2)c1)C(=O)C(SSC)SSC. The molecular weight excluding hydrogens is 679 g/mol. The second-order valence-corrected chi connectivity index (χ2v) is 17.0. The topological polar surface area (TPSA) is 168 Å². The van der Waals surface area contributed by atoms with Gasteiger partial charge in [0.05, 0.1) is 15.4 Å². The Bertz CT molecular complexity index is 1400. The van der Waals surface area contributed by atoms with Gasteiger partial charge in [0.25, 0.3) is 5.91 Å². The summed E-state index contributed by atoms with van der Waals surface area (Å²) in [7, 11) is -2.73. The summed E-state index contributed by atoms with van der Waals surface area (Å²) in [5.41, 5.74) is -2.57. The van der Waals surface area contributed by atoms with Gasteiger partial charge in [-0.25, -0.2) is 8.99 Å². The van der Waals surface area contributed by atoms with E-state index in [0.29, 0.717) is 37.8 Å². The highest BCUT2D eigenvalue weighted by molar-refractivity contribution is 8.85. The molecule has 0 fully saturated rings. The van der Waals surface area contributed by atoms with E-state index in [2.05, 4.69) is 5.32 Å². The normalized spacial score (nSPS) is 13.8. The average Bonchev–Trinajstić information content (AvgIpc) is 2.97. The maximum Gasteiger partial charge on any atom is 0.488 e. The zero-order chi connectivity index (χ0) is 33.2. The quantitative estimate of drug-likeness (QED) is 0.0616. The van der Waals surface area contributed by atoms with Gasteiger partial charge in [0, 0.05) is 18.0 Å². The minimum absolute atomic E-state index is 0.131. The van der Waals surface area contributed by atoms with Crippen molar-refractivity contribution in [1.82, 2.24) is 5.32 Å². The van der Waals surface area contributed by atoms with Crippen molar-refractivity contribution in [3.8, 4) is 0 Å². The number of alkyl halides is 3. The van der Waals surface area contributed by atoms with Crippen molar-refractivity contribution in [3.05, 3.63) is 47.5 Å². The van der Waals surface area contributed by atoms with Crippen molar-refractivity contribution in [2.24, 2.45) is 5.92 Å². The Morgan fingerprint density at radius 1 is 0.932 bits per heavy atom. The molecule has 19 heteroatoms. The number of hydrogen-bond donors (Lipinski definition) is 6. The number of hydrogen-bond acceptors (Lipinski definition) is 12. The summed E-state index contributed by atoms with van der Waals surface area (Å²) in [5, 5.41) is 41.1. The van der Waals surface area contributed by atoms with E-state index in [1.807, 2.05) is 19.4 Å². The molecule has 0 saturated heterocycles. The molecule has 0 saturated carbocycles. The van der Waals surface area contributed by atoms with Crippen LogP contribution in [0.3, 0.4) is 0 Å². The van der Waals surface area contributed by atoms with Crippen molar-refractivity contribution in [3.63, 3.8) is 0 Å². The monoisotopic (exact) mass is 712 g/mol. The molecule has 0 heterocycles. The maximum absolute atomic E-state index is 13.6. The van der Waals surface area contributed by atoms with Crippen LogP contribution in [0.1, 0.15) is 48.5 Å². The highest BCUT2D eigenvalue weighted by atomic mass is 33.1. The summed E-state index contributed by atoms with van der Waals surface area (Å²) in [6, 6.07) is 4.66. The molecule has 0 aliphatic heterocycles. The zero-order valence-corrected chi connectivity index (χ0v) is 28.1. The number of amides is 1. The predicted octanol–water partition coefficient (Wildman–Crippen LogP) is 3.37. The summed E-state index contributed by atoms with van der Waals surface area (Å²) in [6.07, 6.45) is 1.35. The number of unbranched alkanes of at least 4 members (excludes halogenated alkanes) is 1. The first kappa shape index (κ1) is 38.9. The molecule has 0 spiro atoms. The van der Waals surface area contributed by atoms with Crippen LogP contribution in [0.25, 0.3) is 0 Å². The number of Topliss-reactive ketones (excluding diaryl/α,β-unsaturated/α-hetero) is 1. The fraction of sp³-hybridized carbons (Fsp3) is 0.440. The van der Waals surface area contributed by atoms with Crippen LogP contribution in [0.15, 0.2) is 46.2 Å².